The molecule has 0 aromatic carbocycles. The van der Waals surface area contributed by atoms with Crippen molar-refractivity contribution in [3.05, 3.63) is 19.8 Å². The van der Waals surface area contributed by atoms with Crippen molar-refractivity contribution in [1.82, 2.24) is 5.32 Å². The van der Waals surface area contributed by atoms with Gasteiger partial charge in [0.05, 0.1) is 8.81 Å². The zero-order chi connectivity index (χ0) is 14.0. The van der Waals surface area contributed by atoms with Gasteiger partial charge in [0.25, 0.3) is 0 Å². The summed E-state index contributed by atoms with van der Waals surface area (Å²) in [4.78, 5) is 1.38. The van der Waals surface area contributed by atoms with Crippen molar-refractivity contribution in [1.29, 1.82) is 0 Å². The van der Waals surface area contributed by atoms with Crippen LogP contribution in [-0.2, 0) is 0 Å². The van der Waals surface area contributed by atoms with Gasteiger partial charge in [-0.05, 0) is 59.6 Å². The number of hydrogen-bond acceptors (Lipinski definition) is 2. The lowest BCUT2D eigenvalue weighted by Gasteiger charge is -2.38. The Morgan fingerprint density at radius 2 is 2.05 bits per heavy atom. The first-order chi connectivity index (χ1) is 8.98. The number of rotatable bonds is 5. The molecule has 1 aromatic rings. The summed E-state index contributed by atoms with van der Waals surface area (Å²) in [7, 11) is 2.09. The molecule has 1 atom stereocenters. The number of halogens is 2. The highest BCUT2D eigenvalue weighted by molar-refractivity contribution is 9.11. The third kappa shape index (κ3) is 3.37. The van der Waals surface area contributed by atoms with Crippen LogP contribution in [0, 0.1) is 11.3 Å². The highest BCUT2D eigenvalue weighted by atomic mass is 79.9. The molecule has 0 aliphatic heterocycles. The van der Waals surface area contributed by atoms with Gasteiger partial charge >= 0.3 is 0 Å². The minimum atomic E-state index is 0.413. The van der Waals surface area contributed by atoms with E-state index < -0.39 is 0 Å². The molecule has 1 aliphatic carbocycles. The Balaban J connectivity index is 2.32. The van der Waals surface area contributed by atoms with E-state index in [1.807, 2.05) is 0 Å². The molecule has 1 aliphatic rings. The van der Waals surface area contributed by atoms with E-state index in [9.17, 15) is 0 Å². The van der Waals surface area contributed by atoms with Crippen LogP contribution in [0.3, 0.4) is 0 Å². The Labute approximate surface area is 134 Å². The molecule has 0 saturated heterocycles. The second-order valence-electron chi connectivity index (χ2n) is 6.16. The van der Waals surface area contributed by atoms with Crippen molar-refractivity contribution >= 4 is 38.9 Å². The topological polar surface area (TPSA) is 12.0 Å². The molecular weight excluding hydrogens is 342 g/mol. The van der Waals surface area contributed by atoms with Crippen LogP contribution < -0.4 is 5.32 Å². The van der Waals surface area contributed by atoms with Crippen molar-refractivity contribution in [3.8, 4) is 0 Å². The first kappa shape index (κ1) is 15.8. The molecule has 108 valence electrons. The summed E-state index contributed by atoms with van der Waals surface area (Å²) >= 11 is 11.6. The van der Waals surface area contributed by atoms with Crippen molar-refractivity contribution in [2.45, 2.75) is 52.0 Å². The second-order valence-corrected chi connectivity index (χ2v) is 8.97. The smallest absolute Gasteiger partial charge is 0.0888 e. The lowest BCUT2D eigenvalue weighted by atomic mass is 9.72. The third-order valence-corrected chi connectivity index (χ3v) is 6.80. The molecule has 0 amide bonds. The molecule has 1 heterocycles. The van der Waals surface area contributed by atoms with Crippen LogP contribution in [-0.4, -0.2) is 7.05 Å². The summed E-state index contributed by atoms with van der Waals surface area (Å²) in [6.07, 6.45) is 6.70. The molecule has 0 radical (unpaired) electrons. The maximum absolute atomic E-state index is 6.22. The van der Waals surface area contributed by atoms with E-state index in [-0.39, 0.29) is 0 Å². The number of nitrogens with one attached hydrogen (secondary N) is 1. The van der Waals surface area contributed by atoms with Crippen LogP contribution in [0.15, 0.2) is 9.85 Å². The zero-order valence-electron chi connectivity index (χ0n) is 11.9. The van der Waals surface area contributed by atoms with Gasteiger partial charge in [-0.2, -0.15) is 0 Å². The maximum Gasteiger partial charge on any atom is 0.0888 e. The van der Waals surface area contributed by atoms with Gasteiger partial charge in [-0.15, -0.1) is 11.3 Å². The van der Waals surface area contributed by atoms with Crippen molar-refractivity contribution in [2.75, 3.05) is 7.05 Å². The van der Waals surface area contributed by atoms with E-state index >= 15 is 0 Å². The second kappa shape index (κ2) is 6.46. The molecule has 0 spiro atoms. The van der Waals surface area contributed by atoms with Crippen molar-refractivity contribution in [2.24, 2.45) is 11.3 Å². The van der Waals surface area contributed by atoms with Crippen LogP contribution in [0.25, 0.3) is 0 Å². The van der Waals surface area contributed by atoms with Gasteiger partial charge in [-0.3, -0.25) is 0 Å². The summed E-state index contributed by atoms with van der Waals surface area (Å²) < 4.78 is 1.06. The summed E-state index contributed by atoms with van der Waals surface area (Å²) in [5, 5.41) is 4.42. The van der Waals surface area contributed by atoms with Crippen molar-refractivity contribution in [3.63, 3.8) is 0 Å². The average Bonchev–Trinajstić information content (AvgIpc) is 2.89. The minimum absolute atomic E-state index is 0.413. The van der Waals surface area contributed by atoms with Gasteiger partial charge in [0, 0.05) is 10.9 Å². The van der Waals surface area contributed by atoms with E-state index in [0.717, 1.165) is 14.7 Å². The third-order valence-electron chi connectivity index (χ3n) is 4.26. The highest BCUT2D eigenvalue weighted by Gasteiger charge is 2.42. The molecule has 1 nitrogen and oxygen atoms in total. The molecule has 0 bridgehead atoms. The van der Waals surface area contributed by atoms with Crippen molar-refractivity contribution < 1.29 is 0 Å². The minimum Gasteiger partial charge on any atom is -0.312 e. The van der Waals surface area contributed by atoms with E-state index in [2.05, 4.69) is 48.2 Å². The monoisotopic (exact) mass is 363 g/mol. The van der Waals surface area contributed by atoms with E-state index in [0.29, 0.717) is 11.5 Å². The molecule has 1 aromatic heterocycles. The summed E-state index contributed by atoms with van der Waals surface area (Å²) in [6, 6.07) is 2.57. The maximum atomic E-state index is 6.22. The Morgan fingerprint density at radius 3 is 2.47 bits per heavy atom. The van der Waals surface area contributed by atoms with Crippen LogP contribution in [0.5, 0.6) is 0 Å². The van der Waals surface area contributed by atoms with Crippen LogP contribution in [0.1, 0.15) is 56.9 Å². The Morgan fingerprint density at radius 1 is 1.42 bits per heavy atom. The predicted octanol–water partition coefficient (Wildman–Crippen LogP) is 6.03. The summed E-state index contributed by atoms with van der Waals surface area (Å²) in [5.74, 6) is 0.743. The Bertz CT molecular complexity index is 404. The Hall–Kier alpha value is 0.430. The van der Waals surface area contributed by atoms with Crippen LogP contribution in [0.2, 0.25) is 5.02 Å². The molecule has 1 unspecified atom stereocenters. The first-order valence-electron chi connectivity index (χ1n) is 7.10. The molecular formula is C15H23BrClNS. The normalized spacial score (nSPS) is 20.1. The predicted molar refractivity (Wildman–Crippen MR) is 89.2 cm³/mol. The largest absolute Gasteiger partial charge is 0.312 e. The van der Waals surface area contributed by atoms with Crippen LogP contribution in [0.4, 0.5) is 0 Å². The molecule has 1 N–H and O–H groups in total. The van der Waals surface area contributed by atoms with Gasteiger partial charge < -0.3 is 5.32 Å². The Kier molecular flexibility index (Phi) is 5.38. The lowest BCUT2D eigenvalue weighted by Crippen LogP contribution is -2.35. The van der Waals surface area contributed by atoms with E-state index in [1.165, 1.54) is 37.0 Å². The lowest BCUT2D eigenvalue weighted by molar-refractivity contribution is 0.164. The zero-order valence-corrected chi connectivity index (χ0v) is 15.1. The highest BCUT2D eigenvalue weighted by Crippen LogP contribution is 2.53. The quantitative estimate of drug-likeness (QED) is 0.672. The van der Waals surface area contributed by atoms with Gasteiger partial charge in [0.1, 0.15) is 0 Å². The summed E-state index contributed by atoms with van der Waals surface area (Å²) in [5.41, 5.74) is 0.413. The number of hydrogen-bond donors (Lipinski definition) is 1. The SMILES string of the molecule is CNC(c1cc(Cl)c(Br)s1)C1(CC(C)C)CCCC1. The first-order valence-corrected chi connectivity index (χ1v) is 9.09. The summed E-state index contributed by atoms with van der Waals surface area (Å²) in [6.45, 7) is 4.67. The van der Waals surface area contributed by atoms with Gasteiger partial charge in [0.15, 0.2) is 0 Å². The van der Waals surface area contributed by atoms with Gasteiger partial charge in [0.2, 0.25) is 0 Å². The molecule has 4 heteroatoms. The molecule has 1 saturated carbocycles. The number of thiophene rings is 1. The van der Waals surface area contributed by atoms with E-state index in [4.69, 9.17) is 11.6 Å². The average molecular weight is 365 g/mol. The van der Waals surface area contributed by atoms with Crippen LogP contribution >= 0.6 is 38.9 Å². The van der Waals surface area contributed by atoms with Gasteiger partial charge in [-0.25, -0.2) is 0 Å². The molecule has 19 heavy (non-hydrogen) atoms. The fourth-order valence-corrected chi connectivity index (χ4v) is 5.76. The molecule has 1 fully saturated rings. The fraction of sp³-hybridized carbons (Fsp3) is 0.733. The van der Waals surface area contributed by atoms with E-state index in [1.54, 1.807) is 11.3 Å². The van der Waals surface area contributed by atoms with Gasteiger partial charge in [-0.1, -0.05) is 38.3 Å². The standard InChI is InChI=1S/C15H23BrClNS/c1-10(2)9-15(6-4-5-7-15)13(18-3)12-8-11(17)14(16)19-12/h8,10,13,18H,4-7,9H2,1-3H3. The fourth-order valence-electron chi connectivity index (χ4n) is 3.76. The molecule has 2 rings (SSSR count).